The molecule has 0 heterocycles. The molecular weight excluding hydrogens is 455 g/mol. The summed E-state index contributed by atoms with van der Waals surface area (Å²) in [6.07, 6.45) is 5.32. The number of aryl methyl sites for hydroxylation is 2. The minimum Gasteiger partial charge on any atom is -0.343 e. The Bertz CT molecular complexity index is 789. The van der Waals surface area contributed by atoms with E-state index in [2.05, 4.69) is 16.6 Å². The maximum Gasteiger partial charge on any atom is 0.247 e. The normalized spacial score (nSPS) is 12.1. The average molecular weight is 476 g/mol. The molecule has 136 valence electrons. The van der Waals surface area contributed by atoms with Gasteiger partial charge >= 0.3 is 0 Å². The number of hydrogen-bond donors (Lipinski definition) is 2. The second-order valence-corrected chi connectivity index (χ2v) is 8.47. The molecule has 0 saturated heterocycles. The van der Waals surface area contributed by atoms with E-state index in [0.29, 0.717) is 16.8 Å². The summed E-state index contributed by atoms with van der Waals surface area (Å²) < 4.78 is 24.5. The van der Waals surface area contributed by atoms with E-state index in [-0.39, 0.29) is 27.4 Å². The van der Waals surface area contributed by atoms with Crippen LogP contribution in [0.5, 0.6) is 0 Å². The lowest BCUT2D eigenvalue weighted by Gasteiger charge is -2.17. The fourth-order valence-electron chi connectivity index (χ4n) is 2.45. The highest BCUT2D eigenvalue weighted by Crippen LogP contribution is 2.25. The summed E-state index contributed by atoms with van der Waals surface area (Å²) in [5.74, 6) is 1.64. The van der Waals surface area contributed by atoms with Crippen molar-refractivity contribution in [3.8, 4) is 12.3 Å². The monoisotopic (exact) mass is 476 g/mol. The average Bonchev–Trinajstić information content (AvgIpc) is 2.53. The quantitative estimate of drug-likeness (QED) is 0.358. The van der Waals surface area contributed by atoms with Gasteiger partial charge in [0.25, 0.3) is 0 Å². The highest BCUT2D eigenvalue weighted by molar-refractivity contribution is 14.1. The number of benzene rings is 1. The second kappa shape index (κ2) is 9.20. The summed E-state index contributed by atoms with van der Waals surface area (Å²) in [6, 6.07) is 2.35. The number of nitrogens with one attached hydrogen (secondary N) is 2. The van der Waals surface area contributed by atoms with Gasteiger partial charge in [0.1, 0.15) is 6.04 Å². The zero-order valence-corrected chi connectivity index (χ0v) is 17.3. The molecule has 0 aliphatic carbocycles. The highest BCUT2D eigenvalue weighted by Gasteiger charge is 2.22. The van der Waals surface area contributed by atoms with E-state index in [4.69, 9.17) is 6.42 Å². The molecule has 0 spiro atoms. The zero-order valence-electron chi connectivity index (χ0n) is 14.3. The van der Waals surface area contributed by atoms with Crippen LogP contribution in [-0.2, 0) is 19.4 Å². The first-order valence-electron chi connectivity index (χ1n) is 7.59. The topological polar surface area (TPSA) is 92.3 Å². The smallest absolute Gasteiger partial charge is 0.247 e. The lowest BCUT2D eigenvalue weighted by atomic mass is 10.1. The van der Waals surface area contributed by atoms with E-state index in [1.54, 1.807) is 32.9 Å². The number of alkyl halides is 1. The van der Waals surface area contributed by atoms with Crippen LogP contribution in [0.4, 0.5) is 5.69 Å². The minimum absolute atomic E-state index is 0.00691. The van der Waals surface area contributed by atoms with Gasteiger partial charge in [0.05, 0.1) is 15.1 Å². The molecule has 0 bridgehead atoms. The molecule has 0 radical (unpaired) electrons. The molecule has 2 N–H and O–H groups in total. The molecule has 6 nitrogen and oxygen atoms in total. The van der Waals surface area contributed by atoms with E-state index in [1.165, 1.54) is 0 Å². The maximum absolute atomic E-state index is 12.4. The first-order valence-corrected chi connectivity index (χ1v) is 10.8. The molecule has 1 atom stereocenters. The number of amides is 2. The molecule has 0 aliphatic heterocycles. The summed E-state index contributed by atoms with van der Waals surface area (Å²) >= 11 is 1.89. The van der Waals surface area contributed by atoms with Crippen LogP contribution < -0.4 is 10.6 Å². The number of sulfone groups is 1. The van der Waals surface area contributed by atoms with E-state index in [9.17, 15) is 18.0 Å². The molecule has 0 aliphatic rings. The largest absolute Gasteiger partial charge is 0.343 e. The lowest BCUT2D eigenvalue weighted by Crippen LogP contribution is -2.44. The summed E-state index contributed by atoms with van der Waals surface area (Å²) in [7, 11) is -3.35. The second-order valence-electron chi connectivity index (χ2n) is 5.49. The number of halogens is 1. The van der Waals surface area contributed by atoms with E-state index in [0.717, 1.165) is 0 Å². The van der Waals surface area contributed by atoms with Crippen molar-refractivity contribution in [3.05, 3.63) is 23.3 Å². The Labute approximate surface area is 162 Å². The number of terminal acetylenes is 1. The van der Waals surface area contributed by atoms with Crippen LogP contribution in [-0.4, -0.2) is 36.5 Å². The number of anilines is 1. The molecule has 1 aromatic rings. The predicted molar refractivity (Wildman–Crippen MR) is 107 cm³/mol. The Morgan fingerprint density at radius 2 is 1.84 bits per heavy atom. The third kappa shape index (κ3) is 5.71. The fraction of sp³-hybridized carbons (Fsp3) is 0.412. The summed E-state index contributed by atoms with van der Waals surface area (Å²) in [5, 5.41) is 5.25. The van der Waals surface area contributed by atoms with Crippen LogP contribution in [0.1, 0.15) is 24.5 Å². The van der Waals surface area contributed by atoms with Gasteiger partial charge in [0, 0.05) is 12.1 Å². The van der Waals surface area contributed by atoms with Crippen LogP contribution in [0.15, 0.2) is 17.0 Å². The van der Waals surface area contributed by atoms with Gasteiger partial charge in [-0.1, -0.05) is 29.5 Å². The van der Waals surface area contributed by atoms with Gasteiger partial charge < -0.3 is 10.6 Å². The van der Waals surface area contributed by atoms with Gasteiger partial charge in [-0.25, -0.2) is 8.42 Å². The molecule has 0 saturated carbocycles. The van der Waals surface area contributed by atoms with E-state index < -0.39 is 21.8 Å². The third-order valence-electron chi connectivity index (χ3n) is 3.51. The first kappa shape index (κ1) is 21.4. The number of carbonyl (C=O) groups excluding carboxylic acids is 2. The van der Waals surface area contributed by atoms with Crippen molar-refractivity contribution in [3.63, 3.8) is 0 Å². The number of carbonyl (C=O) groups is 2. The molecule has 0 aromatic heterocycles. The summed E-state index contributed by atoms with van der Waals surface area (Å²) in [4.78, 5) is 24.2. The predicted octanol–water partition coefficient (Wildman–Crippen LogP) is 1.98. The maximum atomic E-state index is 12.4. The van der Waals surface area contributed by atoms with Crippen LogP contribution in [0.25, 0.3) is 0 Å². The van der Waals surface area contributed by atoms with Gasteiger partial charge in [-0.2, -0.15) is 0 Å². The van der Waals surface area contributed by atoms with Gasteiger partial charge in [-0.05, 0) is 37.1 Å². The molecule has 1 aromatic carbocycles. The molecule has 1 rings (SSSR count). The van der Waals surface area contributed by atoms with Crippen LogP contribution in [0.2, 0.25) is 0 Å². The minimum atomic E-state index is -3.35. The zero-order chi connectivity index (χ0) is 19.2. The molecule has 8 heteroatoms. The van der Waals surface area contributed by atoms with Gasteiger partial charge in [0.2, 0.25) is 11.8 Å². The van der Waals surface area contributed by atoms with Crippen molar-refractivity contribution in [2.24, 2.45) is 0 Å². The molecular formula is C17H21IN2O4S. The van der Waals surface area contributed by atoms with Crippen LogP contribution in [0.3, 0.4) is 0 Å². The van der Waals surface area contributed by atoms with Crippen molar-refractivity contribution >= 4 is 49.9 Å². The fourth-order valence-corrected chi connectivity index (χ4v) is 4.05. The van der Waals surface area contributed by atoms with Crippen molar-refractivity contribution in [1.29, 1.82) is 0 Å². The Morgan fingerprint density at radius 3 is 2.28 bits per heavy atom. The number of hydrogen-bond acceptors (Lipinski definition) is 4. The highest BCUT2D eigenvalue weighted by atomic mass is 127. The first-order chi connectivity index (χ1) is 11.7. The molecule has 0 fully saturated rings. The Kier molecular flexibility index (Phi) is 7.89. The lowest BCUT2D eigenvalue weighted by molar-refractivity contribution is -0.124. The van der Waals surface area contributed by atoms with Gasteiger partial charge in [-0.3, -0.25) is 9.59 Å². The standard InChI is InChI=1S/C17H21IN2O4S/c1-5-7-14(20-15(21)10-18)17(22)19-13-8-11(3)16(12(4)9-13)25(23,24)6-2/h1,8-9,14H,6-7,10H2,2-4H3,(H,19,22)(H,20,21). The summed E-state index contributed by atoms with van der Waals surface area (Å²) in [5.41, 5.74) is 1.57. The Balaban J connectivity index is 3.08. The van der Waals surface area contributed by atoms with Crippen molar-refractivity contribution < 1.29 is 18.0 Å². The molecule has 1 unspecified atom stereocenters. The van der Waals surface area contributed by atoms with E-state index in [1.807, 2.05) is 22.6 Å². The SMILES string of the molecule is C#CCC(NC(=O)CI)C(=O)Nc1cc(C)c(S(=O)(=O)CC)c(C)c1. The van der Waals surface area contributed by atoms with Crippen LogP contribution >= 0.6 is 22.6 Å². The van der Waals surface area contributed by atoms with Crippen molar-refractivity contribution in [2.75, 3.05) is 15.5 Å². The van der Waals surface area contributed by atoms with Gasteiger partial charge in [0.15, 0.2) is 9.84 Å². The van der Waals surface area contributed by atoms with Gasteiger partial charge in [-0.15, -0.1) is 12.3 Å². The van der Waals surface area contributed by atoms with E-state index >= 15 is 0 Å². The molecule has 25 heavy (non-hydrogen) atoms. The molecule has 2 amide bonds. The Hall–Kier alpha value is -1.60. The van der Waals surface area contributed by atoms with Crippen molar-refractivity contribution in [2.45, 2.75) is 38.1 Å². The summed E-state index contributed by atoms with van der Waals surface area (Å²) in [6.45, 7) is 4.95. The third-order valence-corrected chi connectivity index (χ3v) is 6.23. The Morgan fingerprint density at radius 1 is 1.28 bits per heavy atom. The number of rotatable bonds is 7. The van der Waals surface area contributed by atoms with Crippen molar-refractivity contribution in [1.82, 2.24) is 5.32 Å². The van der Waals surface area contributed by atoms with Crippen LogP contribution in [0, 0.1) is 26.2 Å².